The first-order valence-electron chi connectivity index (χ1n) is 14.6. The minimum absolute atomic E-state index is 0.158. The summed E-state index contributed by atoms with van der Waals surface area (Å²) in [5.74, 6) is -2.94. The lowest BCUT2D eigenvalue weighted by Crippen LogP contribution is -2.58. The molecule has 1 N–H and O–H groups in total. The first-order valence-corrected chi connectivity index (χ1v) is 14.6. The number of carbonyl (C=O) groups excluding carboxylic acids is 4. The summed E-state index contributed by atoms with van der Waals surface area (Å²) in [4.78, 5) is 57.8. The summed E-state index contributed by atoms with van der Waals surface area (Å²) >= 11 is 0. The van der Waals surface area contributed by atoms with Crippen LogP contribution in [0.5, 0.6) is 0 Å². The molecule has 0 bridgehead atoms. The molecule has 4 aliphatic rings. The van der Waals surface area contributed by atoms with E-state index in [0.717, 1.165) is 5.57 Å². The molecule has 7 nitrogen and oxygen atoms in total. The number of rotatable bonds is 5. The molecule has 1 saturated carbocycles. The van der Waals surface area contributed by atoms with Gasteiger partial charge in [0.25, 0.3) is 0 Å². The molecule has 3 aromatic rings. The molecule has 0 unspecified atom stereocenters. The molecule has 1 aliphatic heterocycles. The fraction of sp³-hybridized carbons (Fsp3) is 0.314. The van der Waals surface area contributed by atoms with Crippen molar-refractivity contribution in [1.29, 1.82) is 0 Å². The summed E-state index contributed by atoms with van der Waals surface area (Å²) in [6, 6.07) is 22.0. The molecule has 212 valence electrons. The average Bonchev–Trinajstić information content (AvgIpc) is 3.60. The molecule has 0 radical (unpaired) electrons. The lowest BCUT2D eigenvalue weighted by Gasteiger charge is -2.54. The van der Waals surface area contributed by atoms with E-state index >= 15 is 0 Å². The van der Waals surface area contributed by atoms with Crippen LogP contribution in [0.3, 0.4) is 0 Å². The first kappa shape index (κ1) is 26.5. The van der Waals surface area contributed by atoms with Gasteiger partial charge >= 0.3 is 0 Å². The highest BCUT2D eigenvalue weighted by molar-refractivity contribution is 6.31. The second-order valence-corrected chi connectivity index (χ2v) is 11.7. The predicted molar refractivity (Wildman–Crippen MR) is 154 cm³/mol. The molecule has 2 amide bonds. The Kier molecular flexibility index (Phi) is 6.24. The lowest BCUT2D eigenvalue weighted by atomic mass is 9.45. The number of hydrogen-bond donors (Lipinski definition) is 1. The van der Waals surface area contributed by atoms with Gasteiger partial charge in [0.2, 0.25) is 11.8 Å². The Morgan fingerprint density at radius 2 is 1.62 bits per heavy atom. The number of hydrogen-bond acceptors (Lipinski definition) is 6. The fourth-order valence-corrected chi connectivity index (χ4v) is 8.19. The minimum atomic E-state index is -1.33. The van der Waals surface area contributed by atoms with Crippen LogP contribution in [0.25, 0.3) is 5.57 Å². The maximum Gasteiger partial charge on any atom is 0.233 e. The van der Waals surface area contributed by atoms with Crippen LogP contribution in [-0.2, 0) is 31.2 Å². The van der Waals surface area contributed by atoms with Crippen molar-refractivity contribution in [2.45, 2.75) is 37.7 Å². The summed E-state index contributed by atoms with van der Waals surface area (Å²) in [6.07, 6.45) is 4.14. The van der Waals surface area contributed by atoms with Crippen molar-refractivity contribution in [3.05, 3.63) is 113 Å². The topological polar surface area (TPSA) is 105 Å². The van der Waals surface area contributed by atoms with Crippen LogP contribution in [-0.4, -0.2) is 39.9 Å². The van der Waals surface area contributed by atoms with Gasteiger partial charge in [0.15, 0.2) is 11.6 Å². The number of aliphatic hydroxyl groups excluding tert-OH is 1. The maximum atomic E-state index is 14.8. The van der Waals surface area contributed by atoms with Gasteiger partial charge in [-0.15, -0.1) is 0 Å². The molecule has 42 heavy (non-hydrogen) atoms. The van der Waals surface area contributed by atoms with Crippen molar-refractivity contribution in [2.75, 3.05) is 6.54 Å². The van der Waals surface area contributed by atoms with Crippen LogP contribution in [0.2, 0.25) is 0 Å². The predicted octanol–water partition coefficient (Wildman–Crippen LogP) is 4.62. The van der Waals surface area contributed by atoms with Crippen molar-refractivity contribution >= 4 is 29.0 Å². The zero-order valence-electron chi connectivity index (χ0n) is 23.2. The van der Waals surface area contributed by atoms with E-state index < -0.39 is 35.0 Å². The third-order valence-electron chi connectivity index (χ3n) is 9.91. The van der Waals surface area contributed by atoms with Crippen LogP contribution in [0.4, 0.5) is 0 Å². The quantitative estimate of drug-likeness (QED) is 0.360. The highest BCUT2D eigenvalue weighted by Gasteiger charge is 2.66. The molecule has 7 heteroatoms. The van der Waals surface area contributed by atoms with Gasteiger partial charge in [0.05, 0.1) is 23.2 Å². The molecule has 7 rings (SSSR count). The van der Waals surface area contributed by atoms with Crippen LogP contribution >= 0.6 is 0 Å². The molecule has 2 fully saturated rings. The van der Waals surface area contributed by atoms with Crippen LogP contribution < -0.4 is 0 Å². The Labute approximate surface area is 243 Å². The van der Waals surface area contributed by atoms with Gasteiger partial charge in [-0.05, 0) is 55.0 Å². The number of likely N-dealkylation sites (tertiary alicyclic amines) is 1. The summed E-state index contributed by atoms with van der Waals surface area (Å²) in [5.41, 5.74) is 1.25. The molecular formula is C35H31NO6. The Hall–Kier alpha value is -4.36. The molecule has 2 aromatic carbocycles. The van der Waals surface area contributed by atoms with Crippen molar-refractivity contribution in [2.24, 2.45) is 23.7 Å². The summed E-state index contributed by atoms with van der Waals surface area (Å²) < 4.78 is 6.18. The molecule has 6 atom stereocenters. The van der Waals surface area contributed by atoms with Gasteiger partial charge in [-0.3, -0.25) is 24.1 Å². The van der Waals surface area contributed by atoms with E-state index in [-0.39, 0.29) is 36.4 Å². The van der Waals surface area contributed by atoms with E-state index in [4.69, 9.17) is 4.42 Å². The number of benzene rings is 2. The molecule has 2 heterocycles. The Morgan fingerprint density at radius 3 is 2.29 bits per heavy atom. The van der Waals surface area contributed by atoms with Crippen molar-refractivity contribution in [1.82, 2.24) is 4.90 Å². The van der Waals surface area contributed by atoms with E-state index in [0.29, 0.717) is 41.2 Å². The summed E-state index contributed by atoms with van der Waals surface area (Å²) in [6.45, 7) is 1.78. The number of amides is 2. The van der Waals surface area contributed by atoms with Gasteiger partial charge in [-0.1, -0.05) is 72.3 Å². The Balaban J connectivity index is 1.50. The molecular weight excluding hydrogens is 530 g/mol. The van der Waals surface area contributed by atoms with Crippen LogP contribution in [0, 0.1) is 23.7 Å². The zero-order valence-corrected chi connectivity index (χ0v) is 23.2. The number of ketones is 2. The molecule has 1 aromatic heterocycles. The van der Waals surface area contributed by atoms with Crippen molar-refractivity contribution < 1.29 is 28.7 Å². The second-order valence-electron chi connectivity index (χ2n) is 11.7. The highest BCUT2D eigenvalue weighted by atomic mass is 16.4. The van der Waals surface area contributed by atoms with Gasteiger partial charge in [-0.2, -0.15) is 0 Å². The lowest BCUT2D eigenvalue weighted by molar-refractivity contribution is -0.140. The largest absolute Gasteiger partial charge is 0.463 e. The van der Waals surface area contributed by atoms with Crippen molar-refractivity contribution in [3.63, 3.8) is 0 Å². The smallest absolute Gasteiger partial charge is 0.233 e. The zero-order chi connectivity index (χ0) is 29.2. The number of Topliss-reactive ketones (excluding diaryl/α,β-unsaturated/α-hetero) is 1. The van der Waals surface area contributed by atoms with E-state index in [9.17, 15) is 24.3 Å². The number of furan rings is 1. The number of imide groups is 1. The SMILES string of the molecule is CCN1C(=O)[C@H]2[C@H](CC=C3[C@H]2C[C@H]2C(=O)C(c4ccccc4)=CC(=O)[C@@]2(c2ccccc2)[C@H]3c2ccc(CO)o2)C1=O. The Bertz CT molecular complexity index is 1670. The fourth-order valence-electron chi connectivity index (χ4n) is 8.19. The average molecular weight is 562 g/mol. The van der Waals surface area contributed by atoms with E-state index in [2.05, 4.69) is 0 Å². The monoisotopic (exact) mass is 561 g/mol. The van der Waals surface area contributed by atoms with Gasteiger partial charge in [0, 0.05) is 18.0 Å². The summed E-state index contributed by atoms with van der Waals surface area (Å²) in [5, 5.41) is 9.87. The number of allylic oxidation sites excluding steroid dienone is 4. The number of aliphatic hydroxyl groups is 1. The minimum Gasteiger partial charge on any atom is -0.463 e. The molecule has 3 aliphatic carbocycles. The third-order valence-corrected chi connectivity index (χ3v) is 9.91. The van der Waals surface area contributed by atoms with E-state index in [1.165, 1.54) is 11.0 Å². The van der Waals surface area contributed by atoms with Gasteiger partial charge in [-0.25, -0.2) is 0 Å². The first-order chi connectivity index (χ1) is 20.4. The number of carbonyl (C=O) groups is 4. The third kappa shape index (κ3) is 3.56. The molecule has 1 saturated heterocycles. The Morgan fingerprint density at radius 1 is 0.905 bits per heavy atom. The van der Waals surface area contributed by atoms with Gasteiger partial charge in [0.1, 0.15) is 18.1 Å². The van der Waals surface area contributed by atoms with E-state index in [1.54, 1.807) is 19.1 Å². The van der Waals surface area contributed by atoms with Crippen molar-refractivity contribution in [3.8, 4) is 0 Å². The van der Waals surface area contributed by atoms with Gasteiger partial charge < -0.3 is 9.52 Å². The molecule has 0 spiro atoms. The van der Waals surface area contributed by atoms with E-state index in [1.807, 2.05) is 66.7 Å². The standard InChI is InChI=1S/C35H31NO6/c1-2-36-33(40)24-15-14-23-26(30(24)34(36)41)17-27-32(39)25(20-9-5-3-6-10-20)18-29(38)35(27,21-11-7-4-8-12-21)31(23)28-16-13-22(19-37)42-28/h3-14,16,18,24,26-27,30-31,37H,2,15,17,19H2,1H3/t24-,26+,27-,30-,31+,35-/m0/s1. The summed E-state index contributed by atoms with van der Waals surface area (Å²) in [7, 11) is 0. The normalized spacial score (nSPS) is 30.4. The highest BCUT2D eigenvalue weighted by Crippen LogP contribution is 2.63. The second kappa shape index (κ2) is 9.88. The maximum absolute atomic E-state index is 14.8. The number of nitrogens with zero attached hydrogens (tertiary/aromatic N) is 1. The number of fused-ring (bicyclic) bond motifs is 4. The van der Waals surface area contributed by atoms with Crippen LogP contribution in [0.15, 0.2) is 94.9 Å². The van der Waals surface area contributed by atoms with Crippen LogP contribution in [0.1, 0.15) is 48.3 Å².